The third-order valence-corrected chi connectivity index (χ3v) is 5.20. The van der Waals surface area contributed by atoms with Crippen LogP contribution in [0.2, 0.25) is 5.02 Å². The maximum Gasteiger partial charge on any atom is 0.239 e. The van der Waals surface area contributed by atoms with E-state index in [1.165, 1.54) is 5.56 Å². The van der Waals surface area contributed by atoms with E-state index >= 15 is 0 Å². The summed E-state index contributed by atoms with van der Waals surface area (Å²) in [5, 5.41) is 3.40. The van der Waals surface area contributed by atoms with Crippen LogP contribution in [-0.4, -0.2) is 23.3 Å². The standard InChI is InChI=1S/C21H23ClN2O2/c1-14-8-9-17(22)12-18(14)23-19(25)21(2,3)20(26)24-11-10-15-6-4-5-7-16(15)13-24/h4-9,12H,10-11,13H2,1-3H3,(H,23,25). The number of benzene rings is 2. The van der Waals surface area contributed by atoms with Crippen molar-refractivity contribution in [1.29, 1.82) is 0 Å². The lowest BCUT2D eigenvalue weighted by molar-refractivity contribution is -0.147. The minimum Gasteiger partial charge on any atom is -0.337 e. The molecule has 0 fully saturated rings. The number of amides is 2. The topological polar surface area (TPSA) is 49.4 Å². The number of aryl methyl sites for hydroxylation is 1. The molecule has 4 nitrogen and oxygen atoms in total. The Hall–Kier alpha value is -2.33. The number of carbonyl (C=O) groups is 2. The highest BCUT2D eigenvalue weighted by Crippen LogP contribution is 2.28. The summed E-state index contributed by atoms with van der Waals surface area (Å²) in [4.78, 5) is 27.6. The monoisotopic (exact) mass is 370 g/mol. The number of hydrogen-bond acceptors (Lipinski definition) is 2. The van der Waals surface area contributed by atoms with Gasteiger partial charge in [0.25, 0.3) is 0 Å². The van der Waals surface area contributed by atoms with Crippen molar-refractivity contribution < 1.29 is 9.59 Å². The average Bonchev–Trinajstić information content (AvgIpc) is 2.63. The first-order valence-corrected chi connectivity index (χ1v) is 9.10. The maximum atomic E-state index is 13.1. The molecule has 0 saturated heterocycles. The van der Waals surface area contributed by atoms with Crippen molar-refractivity contribution in [2.75, 3.05) is 11.9 Å². The molecule has 26 heavy (non-hydrogen) atoms. The Labute approximate surface area is 159 Å². The van der Waals surface area contributed by atoms with E-state index in [0.29, 0.717) is 23.8 Å². The number of nitrogens with zero attached hydrogens (tertiary/aromatic N) is 1. The fraction of sp³-hybridized carbons (Fsp3) is 0.333. The Bertz CT molecular complexity index is 861. The molecule has 1 N–H and O–H groups in total. The first-order chi connectivity index (χ1) is 12.3. The van der Waals surface area contributed by atoms with Gasteiger partial charge >= 0.3 is 0 Å². The van der Waals surface area contributed by atoms with Gasteiger partial charge in [-0.1, -0.05) is 41.9 Å². The summed E-state index contributed by atoms with van der Waals surface area (Å²) in [6, 6.07) is 13.4. The van der Waals surface area contributed by atoms with E-state index < -0.39 is 5.41 Å². The Balaban J connectivity index is 1.75. The predicted octanol–water partition coefficient (Wildman–Crippen LogP) is 4.20. The zero-order chi connectivity index (χ0) is 18.9. The zero-order valence-corrected chi connectivity index (χ0v) is 16.1. The lowest BCUT2D eigenvalue weighted by Gasteiger charge is -2.34. The number of fused-ring (bicyclic) bond motifs is 1. The van der Waals surface area contributed by atoms with Crippen LogP contribution in [0.3, 0.4) is 0 Å². The highest BCUT2D eigenvalue weighted by atomic mass is 35.5. The summed E-state index contributed by atoms with van der Waals surface area (Å²) in [6.45, 7) is 6.41. The van der Waals surface area contributed by atoms with Crippen LogP contribution < -0.4 is 5.32 Å². The van der Waals surface area contributed by atoms with Gasteiger partial charge in [-0.2, -0.15) is 0 Å². The van der Waals surface area contributed by atoms with Crippen LogP contribution in [0.5, 0.6) is 0 Å². The van der Waals surface area contributed by atoms with Crippen molar-refractivity contribution in [3.05, 3.63) is 64.2 Å². The molecule has 0 atom stereocenters. The molecule has 136 valence electrons. The summed E-state index contributed by atoms with van der Waals surface area (Å²) in [5.41, 5.74) is 2.79. The van der Waals surface area contributed by atoms with Crippen molar-refractivity contribution >= 4 is 29.1 Å². The minimum absolute atomic E-state index is 0.163. The highest BCUT2D eigenvalue weighted by molar-refractivity contribution is 6.31. The van der Waals surface area contributed by atoms with Gasteiger partial charge in [-0.05, 0) is 56.0 Å². The van der Waals surface area contributed by atoms with Crippen molar-refractivity contribution in [1.82, 2.24) is 4.90 Å². The summed E-state index contributed by atoms with van der Waals surface area (Å²) in [6.07, 6.45) is 0.813. The summed E-state index contributed by atoms with van der Waals surface area (Å²) >= 11 is 6.02. The third-order valence-electron chi connectivity index (χ3n) is 4.97. The molecule has 0 aromatic heterocycles. The van der Waals surface area contributed by atoms with Crippen LogP contribution in [0.15, 0.2) is 42.5 Å². The number of nitrogens with one attached hydrogen (secondary N) is 1. The van der Waals surface area contributed by atoms with Gasteiger partial charge in [0.2, 0.25) is 11.8 Å². The van der Waals surface area contributed by atoms with Crippen LogP contribution in [0, 0.1) is 12.3 Å². The molecule has 3 rings (SSSR count). The van der Waals surface area contributed by atoms with Crippen molar-refractivity contribution in [2.24, 2.45) is 5.41 Å². The fourth-order valence-electron chi connectivity index (χ4n) is 3.17. The van der Waals surface area contributed by atoms with E-state index in [4.69, 9.17) is 11.6 Å². The second-order valence-corrected chi connectivity index (χ2v) is 7.72. The van der Waals surface area contributed by atoms with Gasteiger partial charge in [0.1, 0.15) is 5.41 Å². The lowest BCUT2D eigenvalue weighted by Crippen LogP contribution is -2.48. The van der Waals surface area contributed by atoms with Gasteiger partial charge in [-0.15, -0.1) is 0 Å². The van der Waals surface area contributed by atoms with Crippen molar-refractivity contribution in [3.8, 4) is 0 Å². The molecule has 0 radical (unpaired) electrons. The molecule has 0 aliphatic carbocycles. The fourth-order valence-corrected chi connectivity index (χ4v) is 3.34. The summed E-state index contributed by atoms with van der Waals surface area (Å²) in [5.74, 6) is -0.490. The molecular weight excluding hydrogens is 348 g/mol. The molecule has 0 spiro atoms. The molecule has 2 aromatic carbocycles. The number of carbonyl (C=O) groups excluding carboxylic acids is 2. The van der Waals surface area contributed by atoms with E-state index in [1.807, 2.05) is 31.2 Å². The number of rotatable bonds is 3. The number of halogens is 1. The summed E-state index contributed by atoms with van der Waals surface area (Å²) < 4.78 is 0. The van der Waals surface area contributed by atoms with Gasteiger partial charge < -0.3 is 10.2 Å². The summed E-state index contributed by atoms with van der Waals surface area (Å²) in [7, 11) is 0. The Morgan fingerprint density at radius 2 is 1.81 bits per heavy atom. The normalized spacial score (nSPS) is 13.9. The van der Waals surface area contributed by atoms with E-state index in [2.05, 4.69) is 11.4 Å². The van der Waals surface area contributed by atoms with Gasteiger partial charge in [0, 0.05) is 23.8 Å². The molecular formula is C21H23ClN2O2. The number of hydrogen-bond donors (Lipinski definition) is 1. The van der Waals surface area contributed by atoms with E-state index in [1.54, 1.807) is 30.9 Å². The molecule has 1 aliphatic heterocycles. The van der Waals surface area contributed by atoms with E-state index in [-0.39, 0.29) is 11.8 Å². The quantitative estimate of drug-likeness (QED) is 0.823. The second-order valence-electron chi connectivity index (χ2n) is 7.28. The number of anilines is 1. The van der Waals surface area contributed by atoms with Crippen LogP contribution in [-0.2, 0) is 22.6 Å². The molecule has 0 bridgehead atoms. The van der Waals surface area contributed by atoms with Crippen LogP contribution in [0.1, 0.15) is 30.5 Å². The van der Waals surface area contributed by atoms with Gasteiger partial charge in [-0.25, -0.2) is 0 Å². The van der Waals surface area contributed by atoms with E-state index in [9.17, 15) is 9.59 Å². The average molecular weight is 371 g/mol. The molecule has 0 unspecified atom stereocenters. The highest BCUT2D eigenvalue weighted by Gasteiger charge is 2.40. The SMILES string of the molecule is Cc1ccc(Cl)cc1NC(=O)C(C)(C)C(=O)N1CCc2ccccc2C1. The smallest absolute Gasteiger partial charge is 0.239 e. The molecule has 2 aromatic rings. The van der Waals surface area contributed by atoms with Crippen molar-refractivity contribution in [2.45, 2.75) is 33.7 Å². The van der Waals surface area contributed by atoms with Gasteiger partial charge in [0.05, 0.1) is 0 Å². The Morgan fingerprint density at radius 3 is 2.54 bits per heavy atom. The molecule has 0 saturated carbocycles. The van der Waals surface area contributed by atoms with Gasteiger partial charge in [-0.3, -0.25) is 9.59 Å². The first-order valence-electron chi connectivity index (χ1n) is 8.73. The van der Waals surface area contributed by atoms with Crippen molar-refractivity contribution in [3.63, 3.8) is 0 Å². The van der Waals surface area contributed by atoms with Crippen LogP contribution in [0.25, 0.3) is 0 Å². The second kappa shape index (κ2) is 7.12. The lowest BCUT2D eigenvalue weighted by atomic mass is 9.88. The Morgan fingerprint density at radius 1 is 1.12 bits per heavy atom. The minimum atomic E-state index is -1.17. The van der Waals surface area contributed by atoms with Gasteiger partial charge in [0.15, 0.2) is 0 Å². The maximum absolute atomic E-state index is 13.1. The first kappa shape index (κ1) is 18.5. The molecule has 2 amide bonds. The predicted molar refractivity (Wildman–Crippen MR) is 104 cm³/mol. The molecule has 1 heterocycles. The largest absolute Gasteiger partial charge is 0.337 e. The Kier molecular flexibility index (Phi) is 5.05. The molecule has 5 heteroatoms. The zero-order valence-electron chi connectivity index (χ0n) is 15.3. The van der Waals surface area contributed by atoms with E-state index in [0.717, 1.165) is 17.5 Å². The van der Waals surface area contributed by atoms with Crippen LogP contribution >= 0.6 is 11.6 Å². The third kappa shape index (κ3) is 3.61. The van der Waals surface area contributed by atoms with Crippen LogP contribution in [0.4, 0.5) is 5.69 Å². The molecule has 1 aliphatic rings.